The summed E-state index contributed by atoms with van der Waals surface area (Å²) in [7, 11) is 0. The van der Waals surface area contributed by atoms with Crippen LogP contribution >= 0.6 is 15.9 Å². The molecule has 21 heavy (non-hydrogen) atoms. The maximum absolute atomic E-state index is 6.08. The van der Waals surface area contributed by atoms with Crippen LogP contribution in [0.5, 0.6) is 5.75 Å². The molecule has 0 aromatic heterocycles. The Bertz CT molecular complexity index is 472. The molecule has 1 N–H and O–H groups in total. The van der Waals surface area contributed by atoms with Crippen LogP contribution in [-0.4, -0.2) is 43.7 Å². The SMILES string of the molecule is CCNCC1CCN(CC2Cc3cc(Br)ccc3O2)CC1. The normalized spacial score (nSPS) is 23.0. The van der Waals surface area contributed by atoms with E-state index in [4.69, 9.17) is 4.74 Å². The first-order valence-corrected chi connectivity index (χ1v) is 8.92. The lowest BCUT2D eigenvalue weighted by molar-refractivity contribution is 0.116. The third kappa shape index (κ3) is 3.99. The Morgan fingerprint density at radius 2 is 2.14 bits per heavy atom. The third-order valence-corrected chi connectivity index (χ3v) is 5.11. The Morgan fingerprint density at radius 3 is 2.90 bits per heavy atom. The van der Waals surface area contributed by atoms with Gasteiger partial charge in [-0.25, -0.2) is 0 Å². The molecule has 2 heterocycles. The van der Waals surface area contributed by atoms with Crippen molar-refractivity contribution >= 4 is 15.9 Å². The van der Waals surface area contributed by atoms with E-state index in [0.717, 1.165) is 35.7 Å². The lowest BCUT2D eigenvalue weighted by Gasteiger charge is -2.33. The van der Waals surface area contributed by atoms with E-state index in [1.54, 1.807) is 0 Å². The zero-order valence-electron chi connectivity index (χ0n) is 12.8. The molecule has 0 spiro atoms. The van der Waals surface area contributed by atoms with Crippen molar-refractivity contribution in [3.05, 3.63) is 28.2 Å². The van der Waals surface area contributed by atoms with Gasteiger partial charge in [0.15, 0.2) is 0 Å². The second-order valence-corrected chi connectivity index (χ2v) is 7.16. The van der Waals surface area contributed by atoms with Crippen molar-refractivity contribution in [2.75, 3.05) is 32.7 Å². The summed E-state index contributed by atoms with van der Waals surface area (Å²) in [5.74, 6) is 1.93. The Balaban J connectivity index is 1.45. The molecule has 0 radical (unpaired) electrons. The highest BCUT2D eigenvalue weighted by Gasteiger charge is 2.27. The van der Waals surface area contributed by atoms with E-state index in [-0.39, 0.29) is 0 Å². The minimum atomic E-state index is 0.333. The smallest absolute Gasteiger partial charge is 0.123 e. The van der Waals surface area contributed by atoms with Crippen molar-refractivity contribution < 1.29 is 4.74 Å². The Hall–Kier alpha value is -0.580. The number of fused-ring (bicyclic) bond motifs is 1. The fraction of sp³-hybridized carbons (Fsp3) is 0.647. The van der Waals surface area contributed by atoms with Gasteiger partial charge in [0.2, 0.25) is 0 Å². The summed E-state index contributed by atoms with van der Waals surface area (Å²) in [6.45, 7) is 7.96. The molecule has 0 aliphatic carbocycles. The zero-order valence-corrected chi connectivity index (χ0v) is 14.4. The molecule has 1 aromatic rings. The summed E-state index contributed by atoms with van der Waals surface area (Å²) in [6, 6.07) is 6.34. The number of piperidine rings is 1. The molecule has 2 aliphatic heterocycles. The Morgan fingerprint density at radius 1 is 1.33 bits per heavy atom. The van der Waals surface area contributed by atoms with Gasteiger partial charge in [-0.05, 0) is 68.7 Å². The molecular weight excluding hydrogens is 328 g/mol. The number of rotatable bonds is 5. The average molecular weight is 353 g/mol. The summed E-state index contributed by atoms with van der Waals surface area (Å²) in [6.07, 6.45) is 4.02. The van der Waals surface area contributed by atoms with Gasteiger partial charge in [-0.1, -0.05) is 22.9 Å². The second kappa shape index (κ2) is 7.12. The van der Waals surface area contributed by atoms with Crippen molar-refractivity contribution in [2.45, 2.75) is 32.3 Å². The molecule has 4 heteroatoms. The van der Waals surface area contributed by atoms with Gasteiger partial charge in [0.25, 0.3) is 0 Å². The second-order valence-electron chi connectivity index (χ2n) is 6.25. The van der Waals surface area contributed by atoms with Gasteiger partial charge in [0, 0.05) is 17.4 Å². The minimum absolute atomic E-state index is 0.333. The first-order chi connectivity index (χ1) is 10.2. The molecule has 0 amide bonds. The maximum atomic E-state index is 6.08. The minimum Gasteiger partial charge on any atom is -0.488 e. The van der Waals surface area contributed by atoms with Crippen molar-refractivity contribution in [3.8, 4) is 5.75 Å². The average Bonchev–Trinajstić information content (AvgIpc) is 2.88. The highest BCUT2D eigenvalue weighted by molar-refractivity contribution is 9.10. The Labute approximate surface area is 136 Å². The molecule has 2 aliphatic rings. The number of halogens is 1. The standard InChI is InChI=1S/C17H25BrN2O/c1-2-19-11-13-5-7-20(8-6-13)12-16-10-14-9-15(18)3-4-17(14)21-16/h3-4,9,13,16,19H,2,5-8,10-12H2,1H3. The van der Waals surface area contributed by atoms with Crippen molar-refractivity contribution in [2.24, 2.45) is 5.92 Å². The Kier molecular flexibility index (Phi) is 5.19. The largest absolute Gasteiger partial charge is 0.488 e. The highest BCUT2D eigenvalue weighted by Crippen LogP contribution is 2.31. The van der Waals surface area contributed by atoms with Gasteiger partial charge in [-0.15, -0.1) is 0 Å². The lowest BCUT2D eigenvalue weighted by Crippen LogP contribution is -2.42. The fourth-order valence-corrected chi connectivity index (χ4v) is 3.81. The van der Waals surface area contributed by atoms with Gasteiger partial charge in [-0.3, -0.25) is 4.90 Å². The first-order valence-electron chi connectivity index (χ1n) is 8.12. The van der Waals surface area contributed by atoms with E-state index < -0.39 is 0 Å². The number of nitrogens with zero attached hydrogens (tertiary/aromatic N) is 1. The summed E-state index contributed by atoms with van der Waals surface area (Å²) in [5, 5.41) is 3.48. The third-order valence-electron chi connectivity index (χ3n) is 4.62. The number of benzene rings is 1. The molecule has 0 saturated carbocycles. The summed E-state index contributed by atoms with van der Waals surface area (Å²) < 4.78 is 7.23. The fourth-order valence-electron chi connectivity index (χ4n) is 3.40. The summed E-state index contributed by atoms with van der Waals surface area (Å²) >= 11 is 3.54. The van der Waals surface area contributed by atoms with Gasteiger partial charge in [0.05, 0.1) is 0 Å². The molecule has 0 bridgehead atoms. The van der Waals surface area contributed by atoms with E-state index in [2.05, 4.69) is 51.3 Å². The predicted molar refractivity (Wildman–Crippen MR) is 90.0 cm³/mol. The molecule has 3 nitrogen and oxygen atoms in total. The number of hydrogen-bond donors (Lipinski definition) is 1. The summed E-state index contributed by atoms with van der Waals surface area (Å²) in [4.78, 5) is 2.58. The molecule has 1 aromatic carbocycles. The van der Waals surface area contributed by atoms with E-state index >= 15 is 0 Å². The molecular formula is C17H25BrN2O. The van der Waals surface area contributed by atoms with Crippen LogP contribution in [0.4, 0.5) is 0 Å². The quantitative estimate of drug-likeness (QED) is 0.881. The lowest BCUT2D eigenvalue weighted by atomic mass is 9.96. The van der Waals surface area contributed by atoms with Crippen LogP contribution in [0.25, 0.3) is 0 Å². The zero-order chi connectivity index (χ0) is 14.7. The number of ether oxygens (including phenoxy) is 1. The van der Waals surface area contributed by atoms with Crippen LogP contribution in [0.2, 0.25) is 0 Å². The van der Waals surface area contributed by atoms with Crippen LogP contribution in [0.3, 0.4) is 0 Å². The van der Waals surface area contributed by atoms with Crippen LogP contribution in [0.1, 0.15) is 25.3 Å². The van der Waals surface area contributed by atoms with Crippen LogP contribution in [0, 0.1) is 5.92 Å². The molecule has 1 atom stereocenters. The van der Waals surface area contributed by atoms with Crippen LogP contribution in [-0.2, 0) is 6.42 Å². The van der Waals surface area contributed by atoms with Gasteiger partial charge >= 0.3 is 0 Å². The monoisotopic (exact) mass is 352 g/mol. The van der Waals surface area contributed by atoms with E-state index in [9.17, 15) is 0 Å². The highest BCUT2D eigenvalue weighted by atomic mass is 79.9. The predicted octanol–water partition coefficient (Wildman–Crippen LogP) is 3.07. The van der Waals surface area contributed by atoms with Crippen LogP contribution < -0.4 is 10.1 Å². The van der Waals surface area contributed by atoms with Crippen molar-refractivity contribution in [3.63, 3.8) is 0 Å². The van der Waals surface area contributed by atoms with Gasteiger partial charge < -0.3 is 10.1 Å². The first kappa shape index (κ1) is 15.3. The van der Waals surface area contributed by atoms with Gasteiger partial charge in [0.1, 0.15) is 11.9 Å². The number of nitrogens with one attached hydrogen (secondary N) is 1. The molecule has 3 rings (SSSR count). The molecule has 1 saturated heterocycles. The number of likely N-dealkylation sites (tertiary alicyclic amines) is 1. The van der Waals surface area contributed by atoms with E-state index in [1.807, 2.05) is 0 Å². The summed E-state index contributed by atoms with van der Waals surface area (Å²) in [5.41, 5.74) is 1.34. The van der Waals surface area contributed by atoms with Crippen LogP contribution in [0.15, 0.2) is 22.7 Å². The van der Waals surface area contributed by atoms with Crippen molar-refractivity contribution in [1.29, 1.82) is 0 Å². The molecule has 116 valence electrons. The van der Waals surface area contributed by atoms with Gasteiger partial charge in [-0.2, -0.15) is 0 Å². The maximum Gasteiger partial charge on any atom is 0.123 e. The van der Waals surface area contributed by atoms with E-state index in [0.29, 0.717) is 6.10 Å². The molecule has 1 unspecified atom stereocenters. The van der Waals surface area contributed by atoms with E-state index in [1.165, 1.54) is 38.0 Å². The number of hydrogen-bond acceptors (Lipinski definition) is 3. The topological polar surface area (TPSA) is 24.5 Å². The van der Waals surface area contributed by atoms with Crippen molar-refractivity contribution in [1.82, 2.24) is 10.2 Å². The molecule has 1 fully saturated rings.